The van der Waals surface area contributed by atoms with Crippen molar-refractivity contribution in [2.24, 2.45) is 0 Å². The van der Waals surface area contributed by atoms with E-state index in [0.29, 0.717) is 18.9 Å². The van der Waals surface area contributed by atoms with Crippen LogP contribution in [0.15, 0.2) is 12.2 Å². The summed E-state index contributed by atoms with van der Waals surface area (Å²) in [6.45, 7) is 3.55. The van der Waals surface area contributed by atoms with Crippen molar-refractivity contribution in [1.29, 1.82) is 0 Å². The molecule has 0 aromatic rings. The second kappa shape index (κ2) is 7.00. The molecule has 0 aliphatic heterocycles. The minimum absolute atomic E-state index is 0.481. The molecule has 5 heteroatoms. The van der Waals surface area contributed by atoms with Crippen molar-refractivity contribution in [2.45, 2.75) is 38.9 Å². The van der Waals surface area contributed by atoms with Crippen LogP contribution in [0.2, 0.25) is 0 Å². The predicted octanol–water partition coefficient (Wildman–Crippen LogP) is 0.720. The number of rotatable bonds is 6. The van der Waals surface area contributed by atoms with Crippen molar-refractivity contribution >= 4 is 11.9 Å². The van der Waals surface area contributed by atoms with E-state index < -0.39 is 24.1 Å². The molecule has 0 amide bonds. The Morgan fingerprint density at radius 3 is 2.27 bits per heavy atom. The summed E-state index contributed by atoms with van der Waals surface area (Å²) in [5, 5.41) is 17.7. The molecule has 0 saturated carbocycles. The lowest BCUT2D eigenvalue weighted by molar-refractivity contribution is -0.149. The van der Waals surface area contributed by atoms with Crippen molar-refractivity contribution < 1.29 is 24.5 Å². The molecule has 15 heavy (non-hydrogen) atoms. The molecule has 2 unspecified atom stereocenters. The Balaban J connectivity index is 4.18. The van der Waals surface area contributed by atoms with Gasteiger partial charge in [-0.05, 0) is 12.8 Å². The number of carboxylic acids is 1. The summed E-state index contributed by atoms with van der Waals surface area (Å²) in [5.74, 6) is -1.97. The molecule has 0 aromatic heterocycles. The van der Waals surface area contributed by atoms with Crippen LogP contribution in [-0.4, -0.2) is 34.4 Å². The van der Waals surface area contributed by atoms with E-state index in [-0.39, 0.29) is 0 Å². The van der Waals surface area contributed by atoms with Crippen LogP contribution in [0.1, 0.15) is 26.7 Å². The fraction of sp³-hybridized carbons (Fsp3) is 0.600. The number of carbonyl (C=O) groups excluding carboxylic acids is 1. The van der Waals surface area contributed by atoms with Gasteiger partial charge in [0.05, 0.1) is 6.10 Å². The van der Waals surface area contributed by atoms with Crippen molar-refractivity contribution in [3.05, 3.63) is 12.2 Å². The van der Waals surface area contributed by atoms with E-state index in [1.165, 1.54) is 0 Å². The van der Waals surface area contributed by atoms with Crippen molar-refractivity contribution in [3.8, 4) is 0 Å². The number of esters is 1. The zero-order valence-electron chi connectivity index (χ0n) is 8.84. The molecule has 2 atom stereocenters. The Kier molecular flexibility index (Phi) is 6.37. The van der Waals surface area contributed by atoms with Crippen molar-refractivity contribution in [3.63, 3.8) is 0 Å². The number of aliphatic hydroxyl groups is 1. The Morgan fingerprint density at radius 1 is 1.27 bits per heavy atom. The molecule has 0 aliphatic rings. The summed E-state index contributed by atoms with van der Waals surface area (Å²) < 4.78 is 4.86. The number of carbonyl (C=O) groups is 2. The van der Waals surface area contributed by atoms with E-state index in [4.69, 9.17) is 9.84 Å². The first-order valence-electron chi connectivity index (χ1n) is 4.80. The highest BCUT2D eigenvalue weighted by Crippen LogP contribution is 2.08. The van der Waals surface area contributed by atoms with Crippen LogP contribution in [0.3, 0.4) is 0 Å². The molecule has 0 fully saturated rings. The topological polar surface area (TPSA) is 83.8 Å². The summed E-state index contributed by atoms with van der Waals surface area (Å²) in [6.07, 6.45) is 1.20. The first kappa shape index (κ1) is 13.6. The number of hydrogen-bond acceptors (Lipinski definition) is 4. The second-order valence-electron chi connectivity index (χ2n) is 3.03. The molecule has 0 aromatic carbocycles. The lowest BCUT2D eigenvalue weighted by Crippen LogP contribution is -2.29. The minimum atomic E-state index is -1.21. The standard InChI is InChI=1S/C10H16O5/c1-3-7(11)8(4-2)15-10(14)6-5-9(12)13/h5-8,11H,3-4H2,1-2H3,(H,12,13)/b6-5+. The first-order valence-corrected chi connectivity index (χ1v) is 4.80. The van der Waals surface area contributed by atoms with E-state index in [1.54, 1.807) is 13.8 Å². The molecule has 0 saturated heterocycles. The van der Waals surface area contributed by atoms with Crippen molar-refractivity contribution in [2.75, 3.05) is 0 Å². The van der Waals surface area contributed by atoms with Crippen LogP contribution in [0, 0.1) is 0 Å². The monoisotopic (exact) mass is 216 g/mol. The lowest BCUT2D eigenvalue weighted by atomic mass is 10.1. The van der Waals surface area contributed by atoms with E-state index in [2.05, 4.69) is 0 Å². The van der Waals surface area contributed by atoms with Gasteiger partial charge >= 0.3 is 11.9 Å². The molecule has 0 heterocycles. The van der Waals surface area contributed by atoms with E-state index >= 15 is 0 Å². The number of aliphatic hydroxyl groups excluding tert-OH is 1. The molecule has 0 bridgehead atoms. The molecule has 5 nitrogen and oxygen atoms in total. The van der Waals surface area contributed by atoms with Crippen LogP contribution in [0.4, 0.5) is 0 Å². The maximum atomic E-state index is 11.1. The number of aliphatic carboxylic acids is 1. The fourth-order valence-corrected chi connectivity index (χ4v) is 1.02. The second-order valence-corrected chi connectivity index (χ2v) is 3.03. The third-order valence-corrected chi connectivity index (χ3v) is 1.88. The smallest absolute Gasteiger partial charge is 0.331 e. The summed E-state index contributed by atoms with van der Waals surface area (Å²) in [6, 6.07) is 0. The fourth-order valence-electron chi connectivity index (χ4n) is 1.02. The highest BCUT2D eigenvalue weighted by molar-refractivity contribution is 5.90. The zero-order chi connectivity index (χ0) is 11.8. The van der Waals surface area contributed by atoms with Crippen LogP contribution >= 0.6 is 0 Å². The Morgan fingerprint density at radius 2 is 1.87 bits per heavy atom. The highest BCUT2D eigenvalue weighted by Gasteiger charge is 2.18. The third kappa shape index (κ3) is 5.85. The Labute approximate surface area is 88.4 Å². The summed E-state index contributed by atoms with van der Waals surface area (Å²) in [5.41, 5.74) is 0. The molecule has 0 rings (SSSR count). The Hall–Kier alpha value is -1.36. The molecule has 2 N–H and O–H groups in total. The molecular weight excluding hydrogens is 200 g/mol. The van der Waals surface area contributed by atoms with Gasteiger partial charge in [0, 0.05) is 12.2 Å². The van der Waals surface area contributed by atoms with Gasteiger partial charge in [0.15, 0.2) is 0 Å². The molecule has 0 spiro atoms. The largest absolute Gasteiger partial charge is 0.478 e. The number of carboxylic acid groups (broad SMARTS) is 1. The van der Waals surface area contributed by atoms with Gasteiger partial charge in [-0.2, -0.15) is 0 Å². The third-order valence-electron chi connectivity index (χ3n) is 1.88. The van der Waals surface area contributed by atoms with Gasteiger partial charge in [-0.3, -0.25) is 0 Å². The average Bonchev–Trinajstić information content (AvgIpc) is 2.21. The average molecular weight is 216 g/mol. The minimum Gasteiger partial charge on any atom is -0.478 e. The maximum Gasteiger partial charge on any atom is 0.331 e. The van der Waals surface area contributed by atoms with Crippen LogP contribution in [0.5, 0.6) is 0 Å². The van der Waals surface area contributed by atoms with Crippen LogP contribution in [0.25, 0.3) is 0 Å². The molecule has 0 aliphatic carbocycles. The van der Waals surface area contributed by atoms with Gasteiger partial charge < -0.3 is 14.9 Å². The molecule has 86 valence electrons. The predicted molar refractivity (Wildman–Crippen MR) is 53.2 cm³/mol. The van der Waals surface area contributed by atoms with Crippen LogP contribution < -0.4 is 0 Å². The quantitative estimate of drug-likeness (QED) is 0.505. The van der Waals surface area contributed by atoms with Gasteiger partial charge in [-0.15, -0.1) is 0 Å². The van der Waals surface area contributed by atoms with E-state index in [1.807, 2.05) is 0 Å². The summed E-state index contributed by atoms with van der Waals surface area (Å²) in [4.78, 5) is 21.2. The first-order chi connectivity index (χ1) is 7.01. The summed E-state index contributed by atoms with van der Waals surface area (Å²) >= 11 is 0. The van der Waals surface area contributed by atoms with E-state index in [9.17, 15) is 14.7 Å². The number of ether oxygens (including phenoxy) is 1. The molecular formula is C10H16O5. The van der Waals surface area contributed by atoms with Gasteiger partial charge in [0.1, 0.15) is 6.10 Å². The van der Waals surface area contributed by atoms with Gasteiger partial charge in [-0.25, -0.2) is 9.59 Å². The van der Waals surface area contributed by atoms with E-state index in [0.717, 1.165) is 6.08 Å². The maximum absolute atomic E-state index is 11.1. The van der Waals surface area contributed by atoms with Crippen molar-refractivity contribution in [1.82, 2.24) is 0 Å². The van der Waals surface area contributed by atoms with Crippen LogP contribution in [-0.2, 0) is 14.3 Å². The lowest BCUT2D eigenvalue weighted by Gasteiger charge is -2.19. The SMILES string of the molecule is CCC(O)C(CC)OC(=O)/C=C/C(=O)O. The van der Waals surface area contributed by atoms with Gasteiger partial charge in [-0.1, -0.05) is 13.8 Å². The van der Waals surface area contributed by atoms with Gasteiger partial charge in [0.25, 0.3) is 0 Å². The highest BCUT2D eigenvalue weighted by atomic mass is 16.6. The van der Waals surface area contributed by atoms with Gasteiger partial charge in [0.2, 0.25) is 0 Å². The normalized spacial score (nSPS) is 14.9. The number of hydrogen-bond donors (Lipinski definition) is 2. The Bertz CT molecular complexity index is 246. The molecule has 0 radical (unpaired) electrons. The summed E-state index contributed by atoms with van der Waals surface area (Å²) in [7, 11) is 0. The zero-order valence-corrected chi connectivity index (χ0v) is 8.84.